The summed E-state index contributed by atoms with van der Waals surface area (Å²) in [5, 5.41) is 11.4. The van der Waals surface area contributed by atoms with Gasteiger partial charge in [-0.1, -0.05) is 11.6 Å². The fourth-order valence-corrected chi connectivity index (χ4v) is 2.79. The Morgan fingerprint density at radius 2 is 2.50 bits per heavy atom. The Balaban J connectivity index is 2.21. The normalized spacial score (nSPS) is 26.6. The Morgan fingerprint density at radius 1 is 1.71 bits per heavy atom. The Labute approximate surface area is 90.3 Å². The van der Waals surface area contributed by atoms with Crippen molar-refractivity contribution in [3.63, 3.8) is 0 Å². The molecule has 76 valence electrons. The van der Waals surface area contributed by atoms with Gasteiger partial charge in [0.1, 0.15) is 6.10 Å². The second kappa shape index (κ2) is 3.88. The molecule has 1 fully saturated rings. The molecule has 1 aliphatic rings. The van der Waals surface area contributed by atoms with Crippen LogP contribution in [0.3, 0.4) is 0 Å². The molecule has 1 aliphatic heterocycles. The third-order valence-electron chi connectivity index (χ3n) is 2.28. The summed E-state index contributed by atoms with van der Waals surface area (Å²) < 4.78 is 5.40. The molecule has 0 bridgehead atoms. The van der Waals surface area contributed by atoms with Gasteiger partial charge in [-0.15, -0.1) is 11.3 Å². The Hall–Kier alpha value is -0.580. The van der Waals surface area contributed by atoms with Crippen LogP contribution in [-0.2, 0) is 9.53 Å². The number of aliphatic carboxylic acids is 1. The SMILES string of the molecule is O=C(O)C1CCOC1c1cc(Cl)cs1. The van der Waals surface area contributed by atoms with Crippen molar-refractivity contribution in [3.05, 3.63) is 21.3 Å². The summed E-state index contributed by atoms with van der Waals surface area (Å²) in [6, 6.07) is 1.78. The maximum atomic E-state index is 10.9. The van der Waals surface area contributed by atoms with E-state index in [4.69, 9.17) is 21.4 Å². The van der Waals surface area contributed by atoms with Gasteiger partial charge in [-0.25, -0.2) is 0 Å². The quantitative estimate of drug-likeness (QED) is 0.853. The molecule has 0 saturated carbocycles. The number of carboxylic acid groups (broad SMARTS) is 1. The highest BCUT2D eigenvalue weighted by atomic mass is 35.5. The molecular weight excluding hydrogens is 224 g/mol. The minimum absolute atomic E-state index is 0.315. The molecule has 0 spiro atoms. The maximum Gasteiger partial charge on any atom is 0.309 e. The molecule has 0 aliphatic carbocycles. The topological polar surface area (TPSA) is 46.5 Å². The van der Waals surface area contributed by atoms with Crippen molar-refractivity contribution in [2.45, 2.75) is 12.5 Å². The average Bonchev–Trinajstić information content (AvgIpc) is 2.70. The van der Waals surface area contributed by atoms with E-state index in [0.717, 1.165) is 4.88 Å². The van der Waals surface area contributed by atoms with Crippen LogP contribution in [0.5, 0.6) is 0 Å². The van der Waals surface area contributed by atoms with Crippen molar-refractivity contribution in [1.82, 2.24) is 0 Å². The standard InChI is InChI=1S/C9H9ClO3S/c10-5-3-7(14-4-5)8-6(9(11)12)1-2-13-8/h3-4,6,8H,1-2H2,(H,11,12). The molecule has 2 unspecified atom stereocenters. The number of carbonyl (C=O) groups is 1. The van der Waals surface area contributed by atoms with E-state index in [1.807, 2.05) is 0 Å². The van der Waals surface area contributed by atoms with Crippen molar-refractivity contribution in [3.8, 4) is 0 Å². The van der Waals surface area contributed by atoms with Gasteiger partial charge in [0, 0.05) is 16.9 Å². The number of carboxylic acids is 1. The van der Waals surface area contributed by atoms with Gasteiger partial charge in [-0.2, -0.15) is 0 Å². The van der Waals surface area contributed by atoms with E-state index in [1.54, 1.807) is 11.4 Å². The molecule has 3 nitrogen and oxygen atoms in total. The van der Waals surface area contributed by atoms with Crippen LogP contribution in [0.25, 0.3) is 0 Å². The van der Waals surface area contributed by atoms with E-state index in [1.165, 1.54) is 11.3 Å². The first-order chi connectivity index (χ1) is 6.68. The van der Waals surface area contributed by atoms with E-state index < -0.39 is 11.9 Å². The van der Waals surface area contributed by atoms with E-state index in [2.05, 4.69) is 0 Å². The fourth-order valence-electron chi connectivity index (χ4n) is 1.60. The fraction of sp³-hybridized carbons (Fsp3) is 0.444. The highest BCUT2D eigenvalue weighted by Crippen LogP contribution is 2.38. The third kappa shape index (κ3) is 1.78. The second-order valence-electron chi connectivity index (χ2n) is 3.19. The largest absolute Gasteiger partial charge is 0.481 e. The molecular formula is C9H9ClO3S. The molecule has 1 aromatic rings. The van der Waals surface area contributed by atoms with Gasteiger partial charge in [-0.3, -0.25) is 4.79 Å². The van der Waals surface area contributed by atoms with Crippen LogP contribution in [-0.4, -0.2) is 17.7 Å². The number of rotatable bonds is 2. The van der Waals surface area contributed by atoms with Gasteiger partial charge >= 0.3 is 5.97 Å². The summed E-state index contributed by atoms with van der Waals surface area (Å²) in [6.45, 7) is 0.511. The zero-order valence-electron chi connectivity index (χ0n) is 7.27. The molecule has 2 rings (SSSR count). The van der Waals surface area contributed by atoms with Crippen molar-refractivity contribution >= 4 is 28.9 Å². The lowest BCUT2D eigenvalue weighted by Crippen LogP contribution is -2.16. The number of hydrogen-bond acceptors (Lipinski definition) is 3. The monoisotopic (exact) mass is 232 g/mol. The molecule has 0 aromatic carbocycles. The van der Waals surface area contributed by atoms with Crippen LogP contribution in [0.4, 0.5) is 0 Å². The number of thiophene rings is 1. The first kappa shape index (κ1) is 9.96. The summed E-state index contributed by atoms with van der Waals surface area (Å²) in [4.78, 5) is 11.8. The van der Waals surface area contributed by atoms with Gasteiger partial charge in [0.05, 0.1) is 10.9 Å². The summed E-state index contributed by atoms with van der Waals surface area (Å²) in [6.07, 6.45) is 0.264. The van der Waals surface area contributed by atoms with E-state index in [0.29, 0.717) is 18.1 Å². The van der Waals surface area contributed by atoms with Crippen molar-refractivity contribution in [2.24, 2.45) is 5.92 Å². The van der Waals surface area contributed by atoms with Gasteiger partial charge in [-0.05, 0) is 12.5 Å². The maximum absolute atomic E-state index is 10.9. The van der Waals surface area contributed by atoms with Crippen molar-refractivity contribution in [2.75, 3.05) is 6.61 Å². The highest BCUT2D eigenvalue weighted by Gasteiger charge is 2.35. The Morgan fingerprint density at radius 3 is 3.07 bits per heavy atom. The lowest BCUT2D eigenvalue weighted by molar-refractivity contribution is -0.143. The summed E-state index contributed by atoms with van der Waals surface area (Å²) in [7, 11) is 0. The minimum Gasteiger partial charge on any atom is -0.481 e. The summed E-state index contributed by atoms with van der Waals surface area (Å²) in [5.41, 5.74) is 0. The molecule has 1 N–H and O–H groups in total. The van der Waals surface area contributed by atoms with E-state index in [-0.39, 0.29) is 6.10 Å². The van der Waals surface area contributed by atoms with Crippen LogP contribution in [0.1, 0.15) is 17.4 Å². The van der Waals surface area contributed by atoms with Gasteiger partial charge in [0.15, 0.2) is 0 Å². The summed E-state index contributed by atoms with van der Waals surface area (Å²) >= 11 is 7.22. The molecule has 0 radical (unpaired) electrons. The minimum atomic E-state index is -0.794. The predicted molar refractivity (Wildman–Crippen MR) is 53.8 cm³/mol. The smallest absolute Gasteiger partial charge is 0.309 e. The molecule has 1 aromatic heterocycles. The molecule has 2 heterocycles. The Kier molecular flexibility index (Phi) is 2.76. The number of hydrogen-bond donors (Lipinski definition) is 1. The molecule has 2 atom stereocenters. The predicted octanol–water partition coefficient (Wildman–Crippen LogP) is 2.56. The zero-order chi connectivity index (χ0) is 10.1. The van der Waals surface area contributed by atoms with Crippen LogP contribution >= 0.6 is 22.9 Å². The Bertz CT molecular complexity index is 350. The van der Waals surface area contributed by atoms with E-state index >= 15 is 0 Å². The zero-order valence-corrected chi connectivity index (χ0v) is 8.85. The number of halogens is 1. The van der Waals surface area contributed by atoms with Gasteiger partial charge in [0.2, 0.25) is 0 Å². The highest BCUT2D eigenvalue weighted by molar-refractivity contribution is 7.10. The molecule has 5 heteroatoms. The third-order valence-corrected chi connectivity index (χ3v) is 3.62. The van der Waals surface area contributed by atoms with Gasteiger partial charge < -0.3 is 9.84 Å². The average molecular weight is 233 g/mol. The van der Waals surface area contributed by atoms with Crippen molar-refractivity contribution in [1.29, 1.82) is 0 Å². The lowest BCUT2D eigenvalue weighted by Gasteiger charge is -2.12. The van der Waals surface area contributed by atoms with Gasteiger partial charge in [0.25, 0.3) is 0 Å². The first-order valence-electron chi connectivity index (χ1n) is 4.27. The van der Waals surface area contributed by atoms with Crippen LogP contribution < -0.4 is 0 Å². The lowest BCUT2D eigenvalue weighted by atomic mass is 10.0. The number of ether oxygens (including phenoxy) is 1. The molecule has 1 saturated heterocycles. The second-order valence-corrected chi connectivity index (χ2v) is 4.57. The molecule has 0 amide bonds. The summed E-state index contributed by atoms with van der Waals surface area (Å²) in [5.74, 6) is -1.22. The van der Waals surface area contributed by atoms with Crippen LogP contribution in [0.15, 0.2) is 11.4 Å². The first-order valence-corrected chi connectivity index (χ1v) is 5.52. The van der Waals surface area contributed by atoms with Crippen molar-refractivity contribution < 1.29 is 14.6 Å². The van der Waals surface area contributed by atoms with Crippen LogP contribution in [0, 0.1) is 5.92 Å². The van der Waals surface area contributed by atoms with Crippen LogP contribution in [0.2, 0.25) is 5.02 Å². The molecule has 14 heavy (non-hydrogen) atoms. The van der Waals surface area contributed by atoms with E-state index in [9.17, 15) is 4.79 Å².